The predicted octanol–water partition coefficient (Wildman–Crippen LogP) is 3.83. The minimum absolute atomic E-state index is 0.144. The quantitative estimate of drug-likeness (QED) is 0.653. The molecule has 1 aromatic rings. The first kappa shape index (κ1) is 12.9. The van der Waals surface area contributed by atoms with Gasteiger partial charge in [-0.3, -0.25) is 10.1 Å². The van der Waals surface area contributed by atoms with Gasteiger partial charge in [-0.25, -0.2) is 0 Å². The summed E-state index contributed by atoms with van der Waals surface area (Å²) in [4.78, 5) is 10.2. The molecule has 0 spiro atoms. The van der Waals surface area contributed by atoms with Crippen LogP contribution in [0.1, 0.15) is 33.1 Å². The largest absolute Gasteiger partial charge is 0.382 e. The Bertz CT molecular complexity index is 406. The third-order valence-corrected chi connectivity index (χ3v) is 3.63. The van der Waals surface area contributed by atoms with Gasteiger partial charge in [0.05, 0.1) is 4.92 Å². The molecular weight excluding hydrogens is 228 g/mol. The van der Waals surface area contributed by atoms with Gasteiger partial charge in [0.15, 0.2) is 0 Å². The lowest BCUT2D eigenvalue weighted by molar-refractivity contribution is -0.384. The normalized spacial score (nSPS) is 27.8. The number of hydrogen-bond acceptors (Lipinski definition) is 3. The van der Waals surface area contributed by atoms with E-state index < -0.39 is 0 Å². The van der Waals surface area contributed by atoms with Crippen molar-refractivity contribution in [2.75, 3.05) is 5.32 Å². The average Bonchev–Trinajstić information content (AvgIpc) is 2.28. The van der Waals surface area contributed by atoms with E-state index in [1.807, 2.05) is 0 Å². The van der Waals surface area contributed by atoms with Crippen LogP contribution in [0.25, 0.3) is 0 Å². The maximum Gasteiger partial charge on any atom is 0.269 e. The van der Waals surface area contributed by atoms with Gasteiger partial charge in [-0.05, 0) is 43.2 Å². The first-order chi connectivity index (χ1) is 8.54. The molecule has 0 aromatic heterocycles. The Morgan fingerprint density at radius 3 is 2.17 bits per heavy atom. The molecule has 1 saturated carbocycles. The maximum atomic E-state index is 10.6. The van der Waals surface area contributed by atoms with E-state index in [1.54, 1.807) is 24.3 Å². The third-order valence-electron chi connectivity index (χ3n) is 3.63. The number of rotatable bonds is 3. The van der Waals surface area contributed by atoms with Gasteiger partial charge < -0.3 is 5.32 Å². The molecule has 4 heteroatoms. The maximum absolute atomic E-state index is 10.6. The van der Waals surface area contributed by atoms with Crippen molar-refractivity contribution in [3.05, 3.63) is 34.4 Å². The highest BCUT2D eigenvalue weighted by atomic mass is 16.6. The molecule has 4 nitrogen and oxygen atoms in total. The van der Waals surface area contributed by atoms with Crippen molar-refractivity contribution in [2.24, 2.45) is 11.8 Å². The second kappa shape index (κ2) is 5.38. The smallest absolute Gasteiger partial charge is 0.269 e. The molecule has 2 atom stereocenters. The van der Waals surface area contributed by atoms with E-state index in [2.05, 4.69) is 19.2 Å². The summed E-state index contributed by atoms with van der Waals surface area (Å²) in [6, 6.07) is 7.19. The summed E-state index contributed by atoms with van der Waals surface area (Å²) >= 11 is 0. The second-order valence-corrected chi connectivity index (χ2v) is 5.56. The van der Waals surface area contributed by atoms with Gasteiger partial charge in [0, 0.05) is 23.9 Å². The van der Waals surface area contributed by atoms with Crippen LogP contribution in [-0.2, 0) is 0 Å². The van der Waals surface area contributed by atoms with Crippen molar-refractivity contribution < 1.29 is 4.92 Å². The van der Waals surface area contributed by atoms with Gasteiger partial charge in [0.1, 0.15) is 0 Å². The number of nitro groups is 1. The Morgan fingerprint density at radius 1 is 1.11 bits per heavy atom. The molecule has 2 unspecified atom stereocenters. The molecule has 0 heterocycles. The lowest BCUT2D eigenvalue weighted by Crippen LogP contribution is -2.30. The highest BCUT2D eigenvalue weighted by Crippen LogP contribution is 2.30. The van der Waals surface area contributed by atoms with Crippen LogP contribution < -0.4 is 5.32 Å². The van der Waals surface area contributed by atoms with Crippen molar-refractivity contribution in [1.82, 2.24) is 0 Å². The zero-order valence-electron chi connectivity index (χ0n) is 10.9. The van der Waals surface area contributed by atoms with Crippen molar-refractivity contribution in [3.63, 3.8) is 0 Å². The molecule has 2 rings (SSSR count). The van der Waals surface area contributed by atoms with Crippen LogP contribution in [0.2, 0.25) is 0 Å². The Labute approximate surface area is 108 Å². The zero-order chi connectivity index (χ0) is 13.1. The topological polar surface area (TPSA) is 55.2 Å². The van der Waals surface area contributed by atoms with Crippen molar-refractivity contribution in [1.29, 1.82) is 0 Å². The Morgan fingerprint density at radius 2 is 1.67 bits per heavy atom. The van der Waals surface area contributed by atoms with Crippen LogP contribution >= 0.6 is 0 Å². The van der Waals surface area contributed by atoms with E-state index >= 15 is 0 Å². The molecule has 1 N–H and O–H groups in total. The number of benzene rings is 1. The fourth-order valence-electron chi connectivity index (χ4n) is 2.98. The standard InChI is InChI=1S/C14H20N2O2/c1-10-7-11(2)9-13(8-10)15-12-3-5-14(6-4-12)16(17)18/h3-6,10-11,13,15H,7-9H2,1-2H3. The highest BCUT2D eigenvalue weighted by molar-refractivity contribution is 5.49. The molecule has 18 heavy (non-hydrogen) atoms. The van der Waals surface area contributed by atoms with E-state index in [-0.39, 0.29) is 10.6 Å². The van der Waals surface area contributed by atoms with E-state index in [1.165, 1.54) is 19.3 Å². The minimum atomic E-state index is -0.367. The molecule has 0 bridgehead atoms. The van der Waals surface area contributed by atoms with Gasteiger partial charge >= 0.3 is 0 Å². The fourth-order valence-corrected chi connectivity index (χ4v) is 2.98. The fraction of sp³-hybridized carbons (Fsp3) is 0.571. The lowest BCUT2D eigenvalue weighted by atomic mass is 9.80. The SMILES string of the molecule is CC1CC(C)CC(Nc2ccc([N+](=O)[O-])cc2)C1. The minimum Gasteiger partial charge on any atom is -0.382 e. The van der Waals surface area contributed by atoms with Gasteiger partial charge in [0.2, 0.25) is 0 Å². The number of nitrogens with one attached hydrogen (secondary N) is 1. The first-order valence-corrected chi connectivity index (χ1v) is 6.55. The summed E-state index contributed by atoms with van der Waals surface area (Å²) in [5.74, 6) is 1.51. The van der Waals surface area contributed by atoms with Crippen LogP contribution in [0.15, 0.2) is 24.3 Å². The van der Waals surface area contributed by atoms with Crippen molar-refractivity contribution in [3.8, 4) is 0 Å². The van der Waals surface area contributed by atoms with E-state index in [0.29, 0.717) is 6.04 Å². The summed E-state index contributed by atoms with van der Waals surface area (Å²) in [5.41, 5.74) is 1.12. The predicted molar refractivity (Wildman–Crippen MR) is 72.7 cm³/mol. The zero-order valence-corrected chi connectivity index (χ0v) is 10.9. The Balaban J connectivity index is 1.98. The number of non-ortho nitro benzene ring substituents is 1. The van der Waals surface area contributed by atoms with Crippen molar-refractivity contribution in [2.45, 2.75) is 39.2 Å². The highest BCUT2D eigenvalue weighted by Gasteiger charge is 2.23. The summed E-state index contributed by atoms with van der Waals surface area (Å²) in [5, 5.41) is 14.1. The van der Waals surface area contributed by atoms with Gasteiger partial charge in [-0.15, -0.1) is 0 Å². The summed E-state index contributed by atoms with van der Waals surface area (Å²) in [6.07, 6.45) is 3.67. The first-order valence-electron chi connectivity index (χ1n) is 6.55. The molecule has 0 saturated heterocycles. The molecule has 98 valence electrons. The third kappa shape index (κ3) is 3.22. The van der Waals surface area contributed by atoms with Crippen LogP contribution in [0.4, 0.5) is 11.4 Å². The van der Waals surface area contributed by atoms with Crippen LogP contribution in [0.5, 0.6) is 0 Å². The Hall–Kier alpha value is -1.58. The molecule has 0 amide bonds. The molecule has 1 aromatic carbocycles. The monoisotopic (exact) mass is 248 g/mol. The number of hydrogen-bond donors (Lipinski definition) is 1. The lowest BCUT2D eigenvalue weighted by Gasteiger charge is -2.32. The average molecular weight is 248 g/mol. The number of anilines is 1. The molecular formula is C14H20N2O2. The van der Waals surface area contributed by atoms with Crippen LogP contribution in [0.3, 0.4) is 0 Å². The summed E-state index contributed by atoms with van der Waals surface area (Å²) < 4.78 is 0. The number of nitrogens with zero attached hydrogens (tertiary/aromatic N) is 1. The molecule has 0 radical (unpaired) electrons. The van der Waals surface area contributed by atoms with Crippen LogP contribution in [-0.4, -0.2) is 11.0 Å². The van der Waals surface area contributed by atoms with Gasteiger partial charge in [-0.1, -0.05) is 13.8 Å². The molecule has 0 aliphatic heterocycles. The van der Waals surface area contributed by atoms with E-state index in [4.69, 9.17) is 0 Å². The van der Waals surface area contributed by atoms with E-state index in [9.17, 15) is 10.1 Å². The second-order valence-electron chi connectivity index (χ2n) is 5.56. The van der Waals surface area contributed by atoms with Crippen LogP contribution in [0, 0.1) is 22.0 Å². The molecule has 1 aliphatic carbocycles. The van der Waals surface area contributed by atoms with E-state index in [0.717, 1.165) is 17.5 Å². The van der Waals surface area contributed by atoms with Crippen molar-refractivity contribution >= 4 is 11.4 Å². The number of nitro benzene ring substituents is 1. The summed E-state index contributed by atoms with van der Waals surface area (Å²) in [6.45, 7) is 4.58. The molecule has 1 fully saturated rings. The summed E-state index contributed by atoms with van der Waals surface area (Å²) in [7, 11) is 0. The van der Waals surface area contributed by atoms with Gasteiger partial charge in [0.25, 0.3) is 5.69 Å². The van der Waals surface area contributed by atoms with Gasteiger partial charge in [-0.2, -0.15) is 0 Å². The molecule has 1 aliphatic rings. The Kier molecular flexibility index (Phi) is 3.84.